The van der Waals surface area contributed by atoms with Crippen LogP contribution >= 0.6 is 0 Å². The summed E-state index contributed by atoms with van der Waals surface area (Å²) in [7, 11) is 0. The first-order valence-corrected chi connectivity index (χ1v) is 7.96. The maximum Gasteiger partial charge on any atom is 0.258 e. The van der Waals surface area contributed by atoms with Gasteiger partial charge in [0.05, 0.1) is 22.3 Å². The second-order valence-corrected chi connectivity index (χ2v) is 6.25. The molecule has 0 aliphatic carbocycles. The molecule has 0 fully saturated rings. The summed E-state index contributed by atoms with van der Waals surface area (Å²) in [6, 6.07) is 3.74. The standard InChI is InChI=1S/C17H21N5O2/c1-10(9-22-6-5-11(2)20-22)8-18-16(23)14-7-12(3)19-17-15(14)13(4)21-24-17/h5-7,10H,8-9H2,1-4H3,(H,18,23). The van der Waals surface area contributed by atoms with Gasteiger partial charge >= 0.3 is 0 Å². The molecule has 3 aromatic heterocycles. The molecule has 0 spiro atoms. The Kier molecular flexibility index (Phi) is 4.33. The van der Waals surface area contributed by atoms with Gasteiger partial charge in [-0.2, -0.15) is 5.10 Å². The van der Waals surface area contributed by atoms with Crippen LogP contribution in [0.3, 0.4) is 0 Å². The molecule has 3 aromatic rings. The van der Waals surface area contributed by atoms with Gasteiger partial charge in [0.1, 0.15) is 0 Å². The first-order valence-electron chi connectivity index (χ1n) is 7.96. The van der Waals surface area contributed by atoms with Gasteiger partial charge in [0.15, 0.2) is 0 Å². The van der Waals surface area contributed by atoms with Crippen molar-refractivity contribution in [1.82, 2.24) is 25.2 Å². The summed E-state index contributed by atoms with van der Waals surface area (Å²) >= 11 is 0. The predicted octanol–water partition coefficient (Wildman–Crippen LogP) is 2.41. The molecule has 0 aliphatic heterocycles. The molecule has 0 aromatic carbocycles. The topological polar surface area (TPSA) is 85.8 Å². The Balaban J connectivity index is 1.70. The smallest absolute Gasteiger partial charge is 0.258 e. The highest BCUT2D eigenvalue weighted by Gasteiger charge is 2.18. The minimum atomic E-state index is -0.139. The summed E-state index contributed by atoms with van der Waals surface area (Å²) in [6.45, 7) is 8.99. The summed E-state index contributed by atoms with van der Waals surface area (Å²) in [6.07, 6.45) is 1.95. The molecule has 1 amide bonds. The lowest BCUT2D eigenvalue weighted by Gasteiger charge is -2.13. The van der Waals surface area contributed by atoms with Crippen LogP contribution in [0.2, 0.25) is 0 Å². The van der Waals surface area contributed by atoms with E-state index < -0.39 is 0 Å². The predicted molar refractivity (Wildman–Crippen MR) is 89.7 cm³/mol. The minimum Gasteiger partial charge on any atom is -0.352 e. The van der Waals surface area contributed by atoms with Crippen molar-refractivity contribution in [3.8, 4) is 0 Å². The fourth-order valence-electron chi connectivity index (χ4n) is 2.71. The number of rotatable bonds is 5. The van der Waals surface area contributed by atoms with Crippen LogP contribution in [0.15, 0.2) is 22.9 Å². The molecular weight excluding hydrogens is 306 g/mol. The highest BCUT2D eigenvalue weighted by molar-refractivity contribution is 6.06. The van der Waals surface area contributed by atoms with E-state index in [1.807, 2.05) is 37.7 Å². The average molecular weight is 327 g/mol. The molecule has 7 nitrogen and oxygen atoms in total. The highest BCUT2D eigenvalue weighted by atomic mass is 16.5. The molecule has 0 saturated heterocycles. The van der Waals surface area contributed by atoms with Crippen LogP contribution in [0.25, 0.3) is 11.1 Å². The molecule has 0 radical (unpaired) electrons. The Morgan fingerprint density at radius 3 is 2.83 bits per heavy atom. The van der Waals surface area contributed by atoms with Gasteiger partial charge in [-0.3, -0.25) is 9.48 Å². The van der Waals surface area contributed by atoms with E-state index in [4.69, 9.17) is 4.52 Å². The van der Waals surface area contributed by atoms with Crippen molar-refractivity contribution >= 4 is 17.0 Å². The van der Waals surface area contributed by atoms with Gasteiger partial charge in [0.2, 0.25) is 0 Å². The molecule has 3 rings (SSSR count). The van der Waals surface area contributed by atoms with Gasteiger partial charge < -0.3 is 9.84 Å². The number of aromatic nitrogens is 4. The third kappa shape index (κ3) is 3.29. The number of hydrogen-bond acceptors (Lipinski definition) is 5. The van der Waals surface area contributed by atoms with Gasteiger partial charge in [0.25, 0.3) is 11.6 Å². The summed E-state index contributed by atoms with van der Waals surface area (Å²) < 4.78 is 7.07. The van der Waals surface area contributed by atoms with Crippen LogP contribution in [-0.4, -0.2) is 32.4 Å². The number of pyridine rings is 1. The quantitative estimate of drug-likeness (QED) is 0.778. The zero-order valence-corrected chi connectivity index (χ0v) is 14.3. The Bertz CT molecular complexity index is 880. The van der Waals surface area contributed by atoms with Crippen LogP contribution in [0, 0.1) is 26.7 Å². The minimum absolute atomic E-state index is 0.139. The Morgan fingerprint density at radius 2 is 2.12 bits per heavy atom. The zero-order valence-electron chi connectivity index (χ0n) is 14.3. The largest absolute Gasteiger partial charge is 0.352 e. The fraction of sp³-hybridized carbons (Fsp3) is 0.412. The van der Waals surface area contributed by atoms with Gasteiger partial charge in [-0.1, -0.05) is 12.1 Å². The summed E-state index contributed by atoms with van der Waals surface area (Å²) in [5.41, 5.74) is 3.34. The van der Waals surface area contributed by atoms with E-state index in [2.05, 4.69) is 27.5 Å². The van der Waals surface area contributed by atoms with E-state index in [1.165, 1.54) is 0 Å². The molecule has 1 atom stereocenters. The van der Waals surface area contributed by atoms with Crippen LogP contribution < -0.4 is 5.32 Å². The molecule has 0 bridgehead atoms. The maximum atomic E-state index is 12.6. The second kappa shape index (κ2) is 6.43. The molecule has 1 N–H and O–H groups in total. The first-order chi connectivity index (χ1) is 11.4. The van der Waals surface area contributed by atoms with Crippen LogP contribution in [0.1, 0.15) is 34.4 Å². The van der Waals surface area contributed by atoms with E-state index in [0.717, 1.165) is 17.9 Å². The second-order valence-electron chi connectivity index (χ2n) is 6.25. The molecule has 0 aliphatic rings. The maximum absolute atomic E-state index is 12.6. The number of carbonyl (C=O) groups excluding carboxylic acids is 1. The summed E-state index contributed by atoms with van der Waals surface area (Å²) in [5.74, 6) is 0.121. The number of nitrogens with one attached hydrogen (secondary N) is 1. The SMILES string of the molecule is Cc1cc(C(=O)NCC(C)Cn2ccc(C)n2)c2c(C)noc2n1. The molecule has 126 valence electrons. The number of amides is 1. The molecule has 7 heteroatoms. The van der Waals surface area contributed by atoms with E-state index in [-0.39, 0.29) is 11.8 Å². The van der Waals surface area contributed by atoms with Crippen LogP contribution in [-0.2, 0) is 6.54 Å². The van der Waals surface area contributed by atoms with Gasteiger partial charge in [-0.25, -0.2) is 4.98 Å². The first kappa shape index (κ1) is 16.2. The van der Waals surface area contributed by atoms with Crippen molar-refractivity contribution in [1.29, 1.82) is 0 Å². The lowest BCUT2D eigenvalue weighted by atomic mass is 10.1. The Morgan fingerprint density at radius 1 is 1.33 bits per heavy atom. The molecule has 3 heterocycles. The fourth-order valence-corrected chi connectivity index (χ4v) is 2.71. The Labute approximate surface area is 140 Å². The lowest BCUT2D eigenvalue weighted by Crippen LogP contribution is -2.30. The van der Waals surface area contributed by atoms with Crippen molar-refractivity contribution in [2.75, 3.05) is 6.54 Å². The van der Waals surface area contributed by atoms with Crippen molar-refractivity contribution < 1.29 is 9.32 Å². The van der Waals surface area contributed by atoms with Crippen molar-refractivity contribution in [2.45, 2.75) is 34.2 Å². The molecule has 24 heavy (non-hydrogen) atoms. The monoisotopic (exact) mass is 327 g/mol. The number of carbonyl (C=O) groups is 1. The lowest BCUT2D eigenvalue weighted by molar-refractivity contribution is 0.0948. The van der Waals surface area contributed by atoms with E-state index in [9.17, 15) is 4.79 Å². The summed E-state index contributed by atoms with van der Waals surface area (Å²) in [4.78, 5) is 16.9. The van der Waals surface area contributed by atoms with E-state index in [1.54, 1.807) is 6.07 Å². The average Bonchev–Trinajstić information content (AvgIpc) is 3.10. The van der Waals surface area contributed by atoms with Gasteiger partial charge in [0, 0.05) is 25.0 Å². The van der Waals surface area contributed by atoms with Crippen molar-refractivity contribution in [3.63, 3.8) is 0 Å². The Hall–Kier alpha value is -2.70. The third-order valence-corrected chi connectivity index (χ3v) is 3.87. The third-order valence-electron chi connectivity index (χ3n) is 3.87. The van der Waals surface area contributed by atoms with Gasteiger partial charge in [-0.15, -0.1) is 0 Å². The molecular formula is C17H21N5O2. The van der Waals surface area contributed by atoms with Crippen molar-refractivity contribution in [3.05, 3.63) is 41.0 Å². The normalized spacial score (nSPS) is 12.5. The van der Waals surface area contributed by atoms with E-state index in [0.29, 0.717) is 28.9 Å². The van der Waals surface area contributed by atoms with Gasteiger partial charge in [-0.05, 0) is 38.8 Å². The number of fused-ring (bicyclic) bond motifs is 1. The van der Waals surface area contributed by atoms with Crippen LogP contribution in [0.4, 0.5) is 0 Å². The zero-order chi connectivity index (χ0) is 17.3. The summed E-state index contributed by atoms with van der Waals surface area (Å²) in [5, 5.41) is 11.9. The highest BCUT2D eigenvalue weighted by Crippen LogP contribution is 2.21. The van der Waals surface area contributed by atoms with E-state index >= 15 is 0 Å². The number of hydrogen-bond donors (Lipinski definition) is 1. The molecule has 0 saturated carbocycles. The van der Waals surface area contributed by atoms with Crippen LogP contribution in [0.5, 0.6) is 0 Å². The van der Waals surface area contributed by atoms with Crippen molar-refractivity contribution in [2.24, 2.45) is 5.92 Å². The number of nitrogens with zero attached hydrogens (tertiary/aromatic N) is 4. The number of aryl methyl sites for hydroxylation is 3. The molecule has 1 unspecified atom stereocenters.